The van der Waals surface area contributed by atoms with Gasteiger partial charge in [0.1, 0.15) is 5.75 Å². The Labute approximate surface area is 162 Å². The Hall–Kier alpha value is -2.49. The number of nitrogens with one attached hydrogen (secondary N) is 1. The lowest BCUT2D eigenvalue weighted by Gasteiger charge is -2.30. The maximum atomic E-state index is 12.4. The molecule has 1 saturated heterocycles. The number of carbonyl (C=O) groups is 1. The first-order valence-electron chi connectivity index (χ1n) is 9.81. The van der Waals surface area contributed by atoms with Gasteiger partial charge in [-0.2, -0.15) is 0 Å². The van der Waals surface area contributed by atoms with Crippen molar-refractivity contribution < 1.29 is 9.53 Å². The molecule has 3 rings (SSSR count). The van der Waals surface area contributed by atoms with Crippen LogP contribution in [-0.4, -0.2) is 25.6 Å². The molecule has 1 aliphatic heterocycles. The van der Waals surface area contributed by atoms with E-state index < -0.39 is 0 Å². The molecule has 144 valence electrons. The van der Waals surface area contributed by atoms with Crippen LogP contribution in [0.15, 0.2) is 48.5 Å². The summed E-state index contributed by atoms with van der Waals surface area (Å²) in [6.07, 6.45) is 3.69. The number of anilines is 2. The van der Waals surface area contributed by atoms with Crippen LogP contribution in [0.2, 0.25) is 0 Å². The minimum absolute atomic E-state index is 0.00317. The second-order valence-electron chi connectivity index (χ2n) is 8.18. The van der Waals surface area contributed by atoms with Crippen molar-refractivity contribution in [1.82, 2.24) is 0 Å². The average Bonchev–Trinajstić information content (AvgIpc) is 2.67. The van der Waals surface area contributed by atoms with Gasteiger partial charge >= 0.3 is 0 Å². The summed E-state index contributed by atoms with van der Waals surface area (Å²) >= 11 is 0. The Balaban J connectivity index is 1.58. The van der Waals surface area contributed by atoms with E-state index in [0.29, 0.717) is 5.75 Å². The second kappa shape index (κ2) is 8.47. The maximum absolute atomic E-state index is 12.4. The molecule has 27 heavy (non-hydrogen) atoms. The number of piperidine rings is 1. The zero-order chi connectivity index (χ0) is 19.3. The normalized spacial score (nSPS) is 14.7. The molecule has 1 heterocycles. The standard InChI is InChI=1S/C23H30N2O2/c1-23(2,3)18-11-13-19(14-12-18)27-17-22(26)24-20-9-5-6-10-21(20)25-15-7-4-8-16-25/h5-6,9-14H,4,7-8,15-17H2,1-3H3,(H,24,26). The van der Waals surface area contributed by atoms with Gasteiger partial charge < -0.3 is 15.0 Å². The van der Waals surface area contributed by atoms with Crippen LogP contribution in [0.4, 0.5) is 11.4 Å². The summed E-state index contributed by atoms with van der Waals surface area (Å²) < 4.78 is 5.67. The fourth-order valence-electron chi connectivity index (χ4n) is 3.38. The first-order chi connectivity index (χ1) is 12.9. The van der Waals surface area contributed by atoms with Crippen molar-refractivity contribution in [2.45, 2.75) is 45.4 Å². The van der Waals surface area contributed by atoms with Gasteiger partial charge in [0.25, 0.3) is 5.91 Å². The Kier molecular flexibility index (Phi) is 6.04. The lowest BCUT2D eigenvalue weighted by molar-refractivity contribution is -0.118. The van der Waals surface area contributed by atoms with Crippen LogP contribution >= 0.6 is 0 Å². The van der Waals surface area contributed by atoms with Crippen molar-refractivity contribution in [3.8, 4) is 5.75 Å². The predicted molar refractivity (Wildman–Crippen MR) is 112 cm³/mol. The molecule has 1 aliphatic rings. The number of nitrogens with zero attached hydrogens (tertiary/aromatic N) is 1. The summed E-state index contributed by atoms with van der Waals surface area (Å²) in [5.41, 5.74) is 3.31. The number of hydrogen-bond donors (Lipinski definition) is 1. The van der Waals surface area contributed by atoms with E-state index in [-0.39, 0.29) is 17.9 Å². The zero-order valence-electron chi connectivity index (χ0n) is 16.6. The SMILES string of the molecule is CC(C)(C)c1ccc(OCC(=O)Nc2ccccc2N2CCCCC2)cc1. The molecule has 0 aliphatic carbocycles. The van der Waals surface area contributed by atoms with Crippen LogP contribution in [0.3, 0.4) is 0 Å². The summed E-state index contributed by atoms with van der Waals surface area (Å²) in [5.74, 6) is 0.571. The number of amides is 1. The summed E-state index contributed by atoms with van der Waals surface area (Å²) in [7, 11) is 0. The molecule has 4 heteroatoms. The van der Waals surface area contributed by atoms with Crippen molar-refractivity contribution >= 4 is 17.3 Å². The molecule has 0 bridgehead atoms. The molecule has 4 nitrogen and oxygen atoms in total. The molecule has 0 radical (unpaired) electrons. The molecule has 1 amide bonds. The Morgan fingerprint density at radius 1 is 1.00 bits per heavy atom. The third-order valence-corrected chi connectivity index (χ3v) is 4.97. The lowest BCUT2D eigenvalue weighted by atomic mass is 9.87. The van der Waals surface area contributed by atoms with E-state index in [1.54, 1.807) is 0 Å². The van der Waals surface area contributed by atoms with Crippen molar-refractivity contribution in [3.05, 3.63) is 54.1 Å². The Morgan fingerprint density at radius 2 is 1.67 bits per heavy atom. The van der Waals surface area contributed by atoms with E-state index in [1.165, 1.54) is 24.8 Å². The van der Waals surface area contributed by atoms with Gasteiger partial charge in [-0.3, -0.25) is 4.79 Å². The second-order valence-corrected chi connectivity index (χ2v) is 8.18. The average molecular weight is 367 g/mol. The van der Waals surface area contributed by atoms with E-state index in [9.17, 15) is 4.79 Å². The first kappa shape index (κ1) is 19.3. The van der Waals surface area contributed by atoms with Gasteiger partial charge in [-0.05, 0) is 54.5 Å². The van der Waals surface area contributed by atoms with Crippen LogP contribution in [-0.2, 0) is 10.2 Å². The van der Waals surface area contributed by atoms with Crippen molar-refractivity contribution in [2.75, 3.05) is 29.9 Å². The largest absolute Gasteiger partial charge is 0.484 e. The number of ether oxygens (including phenoxy) is 1. The van der Waals surface area contributed by atoms with E-state index in [2.05, 4.69) is 49.2 Å². The molecular weight excluding hydrogens is 336 g/mol. The van der Waals surface area contributed by atoms with Crippen LogP contribution in [0.5, 0.6) is 5.75 Å². The summed E-state index contributed by atoms with van der Waals surface area (Å²) in [6, 6.07) is 16.0. The van der Waals surface area contributed by atoms with E-state index >= 15 is 0 Å². The molecule has 2 aromatic rings. The molecule has 1 fully saturated rings. The number of carbonyl (C=O) groups excluding carboxylic acids is 1. The zero-order valence-corrected chi connectivity index (χ0v) is 16.6. The molecule has 2 aromatic carbocycles. The number of para-hydroxylation sites is 2. The number of hydrogen-bond acceptors (Lipinski definition) is 3. The van der Waals surface area contributed by atoms with E-state index in [4.69, 9.17) is 4.74 Å². The number of rotatable bonds is 5. The van der Waals surface area contributed by atoms with E-state index in [0.717, 1.165) is 24.5 Å². The highest BCUT2D eigenvalue weighted by atomic mass is 16.5. The van der Waals surface area contributed by atoms with Crippen LogP contribution in [0, 0.1) is 0 Å². The quantitative estimate of drug-likeness (QED) is 0.810. The lowest BCUT2D eigenvalue weighted by Crippen LogP contribution is -2.30. The van der Waals surface area contributed by atoms with E-state index in [1.807, 2.05) is 30.3 Å². The first-order valence-corrected chi connectivity index (χ1v) is 9.81. The topological polar surface area (TPSA) is 41.6 Å². The van der Waals surface area contributed by atoms with Gasteiger partial charge in [-0.15, -0.1) is 0 Å². The monoisotopic (exact) mass is 366 g/mol. The molecule has 1 N–H and O–H groups in total. The minimum Gasteiger partial charge on any atom is -0.484 e. The van der Waals surface area contributed by atoms with Gasteiger partial charge in [0.15, 0.2) is 6.61 Å². The van der Waals surface area contributed by atoms with Crippen molar-refractivity contribution in [1.29, 1.82) is 0 Å². The van der Waals surface area contributed by atoms with Gasteiger partial charge in [0.05, 0.1) is 11.4 Å². The highest BCUT2D eigenvalue weighted by Crippen LogP contribution is 2.28. The highest BCUT2D eigenvalue weighted by molar-refractivity contribution is 5.95. The Bertz CT molecular complexity index is 757. The molecule has 0 unspecified atom stereocenters. The molecule has 0 spiro atoms. The van der Waals surface area contributed by atoms with Gasteiger partial charge in [-0.25, -0.2) is 0 Å². The minimum atomic E-state index is -0.139. The third kappa shape index (κ3) is 5.25. The third-order valence-electron chi connectivity index (χ3n) is 4.97. The van der Waals surface area contributed by atoms with Gasteiger partial charge in [0, 0.05) is 13.1 Å². The maximum Gasteiger partial charge on any atom is 0.262 e. The smallest absolute Gasteiger partial charge is 0.262 e. The summed E-state index contributed by atoms with van der Waals surface area (Å²) in [6.45, 7) is 8.62. The summed E-state index contributed by atoms with van der Waals surface area (Å²) in [4.78, 5) is 14.7. The molecule has 0 saturated carbocycles. The van der Waals surface area contributed by atoms with Crippen LogP contribution in [0.1, 0.15) is 45.6 Å². The fraction of sp³-hybridized carbons (Fsp3) is 0.435. The summed E-state index contributed by atoms with van der Waals surface area (Å²) in [5, 5.41) is 3.01. The van der Waals surface area contributed by atoms with Gasteiger partial charge in [0.2, 0.25) is 0 Å². The van der Waals surface area contributed by atoms with Crippen LogP contribution < -0.4 is 15.0 Å². The van der Waals surface area contributed by atoms with Gasteiger partial charge in [-0.1, -0.05) is 45.0 Å². The van der Waals surface area contributed by atoms with Crippen LogP contribution in [0.25, 0.3) is 0 Å². The van der Waals surface area contributed by atoms with Crippen molar-refractivity contribution in [2.24, 2.45) is 0 Å². The number of benzene rings is 2. The molecule has 0 aromatic heterocycles. The van der Waals surface area contributed by atoms with Crippen molar-refractivity contribution in [3.63, 3.8) is 0 Å². The molecular formula is C23H30N2O2. The Morgan fingerprint density at radius 3 is 2.33 bits per heavy atom. The highest BCUT2D eigenvalue weighted by Gasteiger charge is 2.16. The predicted octanol–water partition coefficient (Wildman–Crippen LogP) is 4.99. The fourth-order valence-corrected chi connectivity index (χ4v) is 3.38. The molecule has 0 atom stereocenters.